The van der Waals surface area contributed by atoms with Crippen LogP contribution in [0.3, 0.4) is 0 Å². The minimum atomic E-state index is -1.43. The molecule has 1 saturated heterocycles. The van der Waals surface area contributed by atoms with Gasteiger partial charge in [0.05, 0.1) is 0 Å². The topological polar surface area (TPSA) is 186 Å². The molecule has 30 heavy (non-hydrogen) atoms. The Balaban J connectivity index is 1.98. The van der Waals surface area contributed by atoms with Gasteiger partial charge in [-0.15, -0.1) is 0 Å². The molecule has 1 fully saturated rings. The van der Waals surface area contributed by atoms with E-state index < -0.39 is 60.3 Å². The maximum atomic E-state index is 12.5. The normalized spacial score (nSPS) is 27.7. The predicted octanol–water partition coefficient (Wildman–Crippen LogP) is -0.887. The van der Waals surface area contributed by atoms with Crippen LogP contribution in [0, 0.1) is 5.41 Å². The Morgan fingerprint density at radius 2 is 1.70 bits per heavy atom. The molecule has 4 amide bonds. The molecule has 160 valence electrons. The lowest BCUT2D eigenvalue weighted by molar-refractivity contribution is -0.166. The first-order valence-corrected chi connectivity index (χ1v) is 8.62. The van der Waals surface area contributed by atoms with E-state index in [9.17, 15) is 24.0 Å². The van der Waals surface area contributed by atoms with Crippen LogP contribution in [0.2, 0.25) is 0 Å². The summed E-state index contributed by atoms with van der Waals surface area (Å²) in [6.07, 6.45) is -5.14. The van der Waals surface area contributed by atoms with Crippen LogP contribution in [0.15, 0.2) is 9.98 Å². The number of amidine groups is 2. The van der Waals surface area contributed by atoms with Gasteiger partial charge in [-0.05, 0) is 0 Å². The SMILES string of the molecule is CC(=O)OC[C@H]1O[C@@H](N2C(=O)N=C3C(=N)NC(=O)N=C32)[C@H](OC(C)=O)[C@@H]1OC(C)=O. The highest BCUT2D eigenvalue weighted by Crippen LogP contribution is 2.32. The molecule has 0 saturated carbocycles. The molecule has 0 aliphatic carbocycles. The van der Waals surface area contributed by atoms with Crippen molar-refractivity contribution < 1.29 is 42.9 Å². The summed E-state index contributed by atoms with van der Waals surface area (Å²) >= 11 is 0. The number of amides is 4. The number of fused-ring (bicyclic) bond motifs is 1. The summed E-state index contributed by atoms with van der Waals surface area (Å²) in [5.74, 6) is -2.89. The number of nitrogens with zero attached hydrogens (tertiary/aromatic N) is 3. The lowest BCUT2D eigenvalue weighted by atomic mass is 10.1. The molecule has 0 aromatic rings. The maximum Gasteiger partial charge on any atom is 0.352 e. The number of hydrogen-bond acceptors (Lipinski definition) is 10. The molecule has 0 aromatic heterocycles. The standard InChI is InChI=1S/C16H17N5O9/c1-5(22)27-4-8-10(28-6(2)23)11(29-7(3)24)14(30-8)21-13-9(18-16(21)26)12(17)19-15(25)20-13/h8,10-11,14H,4H2,1-3H3,(H2,17,19,25)/t8-,10-,11-,14-/m1/s1. The molecule has 3 heterocycles. The van der Waals surface area contributed by atoms with E-state index >= 15 is 0 Å². The van der Waals surface area contributed by atoms with Crippen LogP contribution in [0.5, 0.6) is 0 Å². The van der Waals surface area contributed by atoms with E-state index in [1.165, 1.54) is 0 Å². The number of hydrogen-bond donors (Lipinski definition) is 2. The van der Waals surface area contributed by atoms with Crippen LogP contribution in [-0.4, -0.2) is 83.4 Å². The molecule has 2 N–H and O–H groups in total. The van der Waals surface area contributed by atoms with E-state index in [1.54, 1.807) is 0 Å². The minimum absolute atomic E-state index is 0.211. The van der Waals surface area contributed by atoms with E-state index in [2.05, 4.69) is 15.3 Å². The van der Waals surface area contributed by atoms with Crippen LogP contribution in [0.1, 0.15) is 20.8 Å². The summed E-state index contributed by atoms with van der Waals surface area (Å²) in [6, 6.07) is -1.86. The van der Waals surface area contributed by atoms with Gasteiger partial charge < -0.3 is 18.9 Å². The zero-order valence-corrected chi connectivity index (χ0v) is 16.0. The number of urea groups is 2. The Bertz CT molecular complexity index is 911. The van der Waals surface area contributed by atoms with Crippen LogP contribution >= 0.6 is 0 Å². The van der Waals surface area contributed by atoms with Crippen molar-refractivity contribution in [1.82, 2.24) is 10.2 Å². The van der Waals surface area contributed by atoms with E-state index in [-0.39, 0.29) is 18.2 Å². The fourth-order valence-corrected chi connectivity index (χ4v) is 3.10. The molecule has 0 spiro atoms. The third-order valence-electron chi connectivity index (χ3n) is 4.12. The van der Waals surface area contributed by atoms with Crippen molar-refractivity contribution in [2.75, 3.05) is 6.61 Å². The highest BCUT2D eigenvalue weighted by molar-refractivity contribution is 6.73. The fraction of sp³-hybridized carbons (Fsp3) is 0.500. The van der Waals surface area contributed by atoms with Crippen molar-refractivity contribution in [1.29, 1.82) is 5.41 Å². The number of ether oxygens (including phenoxy) is 4. The first-order chi connectivity index (χ1) is 14.1. The fourth-order valence-electron chi connectivity index (χ4n) is 3.10. The van der Waals surface area contributed by atoms with Gasteiger partial charge in [0.1, 0.15) is 12.7 Å². The largest absolute Gasteiger partial charge is 0.463 e. The van der Waals surface area contributed by atoms with Gasteiger partial charge in [-0.25, -0.2) is 14.5 Å². The van der Waals surface area contributed by atoms with E-state index in [4.69, 9.17) is 24.4 Å². The average Bonchev–Trinajstić information content (AvgIpc) is 3.10. The van der Waals surface area contributed by atoms with Crippen molar-refractivity contribution in [3.8, 4) is 0 Å². The lowest BCUT2D eigenvalue weighted by Gasteiger charge is -2.29. The second-order valence-corrected chi connectivity index (χ2v) is 6.37. The monoisotopic (exact) mass is 423 g/mol. The quantitative estimate of drug-likeness (QED) is 0.418. The Hall–Kier alpha value is -3.68. The Kier molecular flexibility index (Phi) is 5.60. The van der Waals surface area contributed by atoms with Gasteiger partial charge >= 0.3 is 30.0 Å². The smallest absolute Gasteiger partial charge is 0.352 e. The highest BCUT2D eigenvalue weighted by atomic mass is 16.7. The molecule has 3 rings (SSSR count). The highest BCUT2D eigenvalue weighted by Gasteiger charge is 2.56. The van der Waals surface area contributed by atoms with Gasteiger partial charge in [-0.1, -0.05) is 0 Å². The summed E-state index contributed by atoms with van der Waals surface area (Å²) in [6.45, 7) is 2.98. The molecule has 0 unspecified atom stereocenters. The van der Waals surface area contributed by atoms with Crippen LogP contribution in [-0.2, 0) is 33.3 Å². The van der Waals surface area contributed by atoms with Crippen LogP contribution in [0.4, 0.5) is 9.59 Å². The molecule has 3 aliphatic heterocycles. The minimum Gasteiger partial charge on any atom is -0.463 e. The number of nitrogens with one attached hydrogen (secondary N) is 2. The van der Waals surface area contributed by atoms with Gasteiger partial charge in [0.15, 0.2) is 35.8 Å². The van der Waals surface area contributed by atoms with Crippen molar-refractivity contribution in [3.05, 3.63) is 0 Å². The molecule has 14 heteroatoms. The predicted molar refractivity (Wildman–Crippen MR) is 94.8 cm³/mol. The molecular formula is C16H17N5O9. The number of carbonyl (C=O) groups excluding carboxylic acids is 5. The molecule has 3 aliphatic rings. The molecular weight excluding hydrogens is 406 g/mol. The molecule has 14 nitrogen and oxygen atoms in total. The first-order valence-electron chi connectivity index (χ1n) is 8.62. The molecule has 0 aromatic carbocycles. The van der Waals surface area contributed by atoms with Crippen molar-refractivity contribution in [3.63, 3.8) is 0 Å². The summed E-state index contributed by atoms with van der Waals surface area (Å²) in [5, 5.41) is 9.87. The zero-order valence-electron chi connectivity index (χ0n) is 16.0. The van der Waals surface area contributed by atoms with E-state index in [0.29, 0.717) is 0 Å². The number of carbonyl (C=O) groups is 5. The van der Waals surface area contributed by atoms with Gasteiger partial charge in [0.2, 0.25) is 0 Å². The second kappa shape index (κ2) is 7.98. The second-order valence-electron chi connectivity index (χ2n) is 6.37. The third-order valence-corrected chi connectivity index (χ3v) is 4.12. The van der Waals surface area contributed by atoms with Gasteiger partial charge in [0.25, 0.3) is 0 Å². The maximum absolute atomic E-state index is 12.5. The molecule has 0 bridgehead atoms. The van der Waals surface area contributed by atoms with E-state index in [0.717, 1.165) is 25.7 Å². The third kappa shape index (κ3) is 4.03. The summed E-state index contributed by atoms with van der Waals surface area (Å²) in [4.78, 5) is 66.8. The average molecular weight is 423 g/mol. The summed E-state index contributed by atoms with van der Waals surface area (Å²) in [5.41, 5.74) is -0.211. The Labute approximate surface area is 168 Å². The Morgan fingerprint density at radius 1 is 1.07 bits per heavy atom. The van der Waals surface area contributed by atoms with Gasteiger partial charge in [0, 0.05) is 20.8 Å². The van der Waals surface area contributed by atoms with Gasteiger partial charge in [-0.3, -0.25) is 25.1 Å². The molecule has 4 atom stereocenters. The van der Waals surface area contributed by atoms with Crippen molar-refractivity contribution in [2.45, 2.75) is 45.3 Å². The first kappa shape index (κ1) is 21.0. The molecule has 0 radical (unpaired) electrons. The van der Waals surface area contributed by atoms with Gasteiger partial charge in [-0.2, -0.15) is 9.98 Å². The van der Waals surface area contributed by atoms with Crippen molar-refractivity contribution >= 4 is 47.4 Å². The zero-order chi connectivity index (χ0) is 22.2. The Morgan fingerprint density at radius 3 is 2.30 bits per heavy atom. The number of esters is 3. The lowest BCUT2D eigenvalue weighted by Crippen LogP contribution is -2.53. The number of aliphatic imine (C=N–C) groups is 2. The van der Waals surface area contributed by atoms with Crippen LogP contribution < -0.4 is 5.32 Å². The van der Waals surface area contributed by atoms with Crippen molar-refractivity contribution in [2.24, 2.45) is 9.98 Å². The number of rotatable bonds is 5. The summed E-state index contributed by atoms with van der Waals surface area (Å²) < 4.78 is 21.1. The summed E-state index contributed by atoms with van der Waals surface area (Å²) in [7, 11) is 0. The van der Waals surface area contributed by atoms with E-state index in [1.807, 2.05) is 0 Å². The van der Waals surface area contributed by atoms with Crippen LogP contribution in [0.25, 0.3) is 0 Å².